The standard InChI is InChI=1S/C18H26ClN3OS/c1-12(2)10-20-17(23)14-6-5-9-22(11-14)18(24)21-16-8-4-7-15(19)13(16)3/h4,7-8,12,14H,5-6,9-11H2,1-3H3,(H,20,23)(H,21,24). The minimum atomic E-state index is -0.00212. The maximum Gasteiger partial charge on any atom is 0.224 e. The van der Waals surface area contributed by atoms with Gasteiger partial charge in [0.05, 0.1) is 5.92 Å². The fourth-order valence-corrected chi connectivity index (χ4v) is 3.21. The number of hydrogen-bond acceptors (Lipinski definition) is 2. The van der Waals surface area contributed by atoms with E-state index >= 15 is 0 Å². The monoisotopic (exact) mass is 367 g/mol. The van der Waals surface area contributed by atoms with Gasteiger partial charge < -0.3 is 15.5 Å². The molecule has 0 spiro atoms. The molecule has 132 valence electrons. The number of benzene rings is 1. The smallest absolute Gasteiger partial charge is 0.224 e. The number of piperidine rings is 1. The zero-order valence-corrected chi connectivity index (χ0v) is 16.1. The van der Waals surface area contributed by atoms with Crippen molar-refractivity contribution in [1.82, 2.24) is 10.2 Å². The van der Waals surface area contributed by atoms with Crippen molar-refractivity contribution < 1.29 is 4.79 Å². The van der Waals surface area contributed by atoms with Gasteiger partial charge in [0.25, 0.3) is 0 Å². The second kappa shape index (κ2) is 8.67. The maximum atomic E-state index is 12.3. The summed E-state index contributed by atoms with van der Waals surface area (Å²) in [5, 5.41) is 7.67. The number of amides is 1. The van der Waals surface area contributed by atoms with Gasteiger partial charge in [-0.3, -0.25) is 4.79 Å². The highest BCUT2D eigenvalue weighted by Crippen LogP contribution is 2.24. The molecule has 0 bridgehead atoms. The Morgan fingerprint density at radius 2 is 2.21 bits per heavy atom. The quantitative estimate of drug-likeness (QED) is 0.794. The molecule has 0 aromatic heterocycles. The molecule has 2 rings (SSSR count). The summed E-state index contributed by atoms with van der Waals surface area (Å²) in [6.07, 6.45) is 1.88. The Morgan fingerprint density at radius 3 is 2.92 bits per heavy atom. The van der Waals surface area contributed by atoms with Gasteiger partial charge in [-0.2, -0.15) is 0 Å². The first-order valence-corrected chi connectivity index (χ1v) is 9.26. The average molecular weight is 368 g/mol. The fourth-order valence-electron chi connectivity index (χ4n) is 2.76. The third kappa shape index (κ3) is 5.08. The van der Waals surface area contributed by atoms with Crippen LogP contribution in [-0.2, 0) is 4.79 Å². The number of nitrogens with zero attached hydrogens (tertiary/aromatic N) is 1. The third-order valence-corrected chi connectivity index (χ3v) is 5.04. The maximum absolute atomic E-state index is 12.3. The molecular weight excluding hydrogens is 342 g/mol. The van der Waals surface area contributed by atoms with Gasteiger partial charge in [0.1, 0.15) is 0 Å². The van der Waals surface area contributed by atoms with Gasteiger partial charge in [0, 0.05) is 30.3 Å². The van der Waals surface area contributed by atoms with E-state index in [0.717, 1.165) is 37.2 Å². The lowest BCUT2D eigenvalue weighted by atomic mass is 9.97. The van der Waals surface area contributed by atoms with Crippen LogP contribution in [0, 0.1) is 18.8 Å². The first-order chi connectivity index (χ1) is 11.4. The average Bonchev–Trinajstić information content (AvgIpc) is 2.56. The summed E-state index contributed by atoms with van der Waals surface area (Å²) in [7, 11) is 0. The molecule has 4 nitrogen and oxygen atoms in total. The predicted octanol–water partition coefficient (Wildman–Crippen LogP) is 3.83. The molecule has 1 unspecified atom stereocenters. The second-order valence-corrected chi connectivity index (χ2v) is 7.56. The van der Waals surface area contributed by atoms with Gasteiger partial charge in [0.15, 0.2) is 5.11 Å². The number of carbonyl (C=O) groups excluding carboxylic acids is 1. The molecule has 1 heterocycles. The highest BCUT2D eigenvalue weighted by molar-refractivity contribution is 7.80. The van der Waals surface area contributed by atoms with E-state index in [2.05, 4.69) is 29.4 Å². The normalized spacial score (nSPS) is 17.7. The Bertz CT molecular complexity index is 606. The van der Waals surface area contributed by atoms with Crippen LogP contribution >= 0.6 is 23.8 Å². The molecule has 1 aromatic rings. The van der Waals surface area contributed by atoms with Crippen LogP contribution in [-0.4, -0.2) is 35.6 Å². The number of likely N-dealkylation sites (tertiary alicyclic amines) is 1. The van der Waals surface area contributed by atoms with Gasteiger partial charge in [-0.1, -0.05) is 31.5 Å². The van der Waals surface area contributed by atoms with E-state index in [1.165, 1.54) is 0 Å². The number of hydrogen-bond donors (Lipinski definition) is 2. The van der Waals surface area contributed by atoms with Crippen molar-refractivity contribution in [1.29, 1.82) is 0 Å². The molecule has 1 fully saturated rings. The van der Waals surface area contributed by atoms with Gasteiger partial charge >= 0.3 is 0 Å². The zero-order chi connectivity index (χ0) is 17.7. The van der Waals surface area contributed by atoms with Crippen LogP contribution < -0.4 is 10.6 Å². The van der Waals surface area contributed by atoms with Crippen molar-refractivity contribution in [3.8, 4) is 0 Å². The Hall–Kier alpha value is -1.33. The minimum Gasteiger partial charge on any atom is -0.356 e. The van der Waals surface area contributed by atoms with Gasteiger partial charge in [-0.15, -0.1) is 0 Å². The zero-order valence-electron chi connectivity index (χ0n) is 14.6. The molecule has 1 atom stereocenters. The minimum absolute atomic E-state index is 0.00212. The van der Waals surface area contributed by atoms with Crippen LogP contribution in [0.3, 0.4) is 0 Å². The van der Waals surface area contributed by atoms with E-state index in [0.29, 0.717) is 22.6 Å². The van der Waals surface area contributed by atoms with Crippen LogP contribution in [0.5, 0.6) is 0 Å². The third-order valence-electron chi connectivity index (χ3n) is 4.27. The Balaban J connectivity index is 1.95. The summed E-state index contributed by atoms with van der Waals surface area (Å²) in [5.41, 5.74) is 1.89. The molecule has 1 amide bonds. The molecule has 0 aliphatic carbocycles. The van der Waals surface area contributed by atoms with Crippen molar-refractivity contribution in [2.24, 2.45) is 11.8 Å². The Kier molecular flexibility index (Phi) is 6.87. The van der Waals surface area contributed by atoms with Crippen molar-refractivity contribution in [3.63, 3.8) is 0 Å². The largest absolute Gasteiger partial charge is 0.356 e. The summed E-state index contributed by atoms with van der Waals surface area (Å²) in [5.74, 6) is 0.593. The molecule has 0 radical (unpaired) electrons. The van der Waals surface area contributed by atoms with Crippen LogP contribution in [0.15, 0.2) is 18.2 Å². The molecular formula is C18H26ClN3OS. The van der Waals surface area contributed by atoms with E-state index in [-0.39, 0.29) is 11.8 Å². The highest BCUT2D eigenvalue weighted by atomic mass is 35.5. The number of rotatable bonds is 4. The van der Waals surface area contributed by atoms with Gasteiger partial charge in [-0.25, -0.2) is 0 Å². The predicted molar refractivity (Wildman–Crippen MR) is 105 cm³/mol. The van der Waals surface area contributed by atoms with Crippen LogP contribution in [0.2, 0.25) is 5.02 Å². The topological polar surface area (TPSA) is 44.4 Å². The van der Waals surface area contributed by atoms with Gasteiger partial charge in [-0.05, 0) is 55.6 Å². The Morgan fingerprint density at radius 1 is 1.46 bits per heavy atom. The molecule has 1 aromatic carbocycles. The molecule has 1 aliphatic rings. The molecule has 2 N–H and O–H groups in total. The van der Waals surface area contributed by atoms with Crippen molar-refractivity contribution in [2.45, 2.75) is 33.6 Å². The summed E-state index contributed by atoms with van der Waals surface area (Å²) >= 11 is 11.7. The molecule has 24 heavy (non-hydrogen) atoms. The van der Waals surface area contributed by atoms with E-state index in [1.54, 1.807) is 0 Å². The molecule has 6 heteroatoms. The SMILES string of the molecule is Cc1c(Cl)cccc1NC(=S)N1CCCC(C(=O)NCC(C)C)C1. The van der Waals surface area contributed by atoms with Crippen LogP contribution in [0.4, 0.5) is 5.69 Å². The lowest BCUT2D eigenvalue weighted by Gasteiger charge is -2.34. The van der Waals surface area contributed by atoms with Gasteiger partial charge in [0.2, 0.25) is 5.91 Å². The summed E-state index contributed by atoms with van der Waals surface area (Å²) in [6.45, 7) is 8.42. The second-order valence-electron chi connectivity index (χ2n) is 6.77. The number of halogens is 1. The van der Waals surface area contributed by atoms with Crippen molar-refractivity contribution >= 4 is 40.5 Å². The first kappa shape index (κ1) is 19.0. The summed E-state index contributed by atoms with van der Waals surface area (Å²) in [6, 6.07) is 5.73. The van der Waals surface area contributed by atoms with Crippen molar-refractivity contribution in [2.75, 3.05) is 25.0 Å². The molecule has 1 aliphatic heterocycles. The number of carbonyl (C=O) groups is 1. The van der Waals surface area contributed by atoms with E-state index in [9.17, 15) is 4.79 Å². The lowest BCUT2D eigenvalue weighted by Crippen LogP contribution is -2.47. The summed E-state index contributed by atoms with van der Waals surface area (Å²) < 4.78 is 0. The Labute approximate surface area is 154 Å². The first-order valence-electron chi connectivity index (χ1n) is 8.47. The van der Waals surface area contributed by atoms with E-state index in [4.69, 9.17) is 23.8 Å². The number of nitrogens with one attached hydrogen (secondary N) is 2. The number of anilines is 1. The highest BCUT2D eigenvalue weighted by Gasteiger charge is 2.27. The van der Waals surface area contributed by atoms with Crippen molar-refractivity contribution in [3.05, 3.63) is 28.8 Å². The number of thiocarbonyl (C=S) groups is 1. The summed E-state index contributed by atoms with van der Waals surface area (Å²) in [4.78, 5) is 14.4. The molecule has 0 saturated carbocycles. The fraction of sp³-hybridized carbons (Fsp3) is 0.556. The lowest BCUT2D eigenvalue weighted by molar-refractivity contribution is -0.126. The van der Waals surface area contributed by atoms with E-state index < -0.39 is 0 Å². The van der Waals surface area contributed by atoms with Crippen LogP contribution in [0.1, 0.15) is 32.3 Å². The van der Waals surface area contributed by atoms with E-state index in [1.807, 2.05) is 25.1 Å². The molecule has 1 saturated heterocycles. The van der Waals surface area contributed by atoms with Crippen LogP contribution in [0.25, 0.3) is 0 Å².